The van der Waals surface area contributed by atoms with E-state index in [0.29, 0.717) is 5.82 Å². The number of para-hydroxylation sites is 1. The first-order chi connectivity index (χ1) is 12.1. The number of nitrogens with two attached hydrogens (primary N) is 1. The van der Waals surface area contributed by atoms with Crippen LogP contribution in [0.25, 0.3) is 0 Å². The third-order valence-electron chi connectivity index (χ3n) is 3.94. The average Bonchev–Trinajstić information content (AvgIpc) is 3.06. The van der Waals surface area contributed by atoms with Gasteiger partial charge in [0.2, 0.25) is 11.9 Å². The molecule has 1 unspecified atom stereocenters. The van der Waals surface area contributed by atoms with E-state index in [4.69, 9.17) is 5.73 Å². The van der Waals surface area contributed by atoms with Gasteiger partial charge in [0.15, 0.2) is 0 Å². The third-order valence-corrected chi connectivity index (χ3v) is 3.94. The Kier molecular flexibility index (Phi) is 4.65. The maximum atomic E-state index is 13.0. The molecule has 128 valence electrons. The summed E-state index contributed by atoms with van der Waals surface area (Å²) in [6, 6.07) is 19.2. The summed E-state index contributed by atoms with van der Waals surface area (Å²) in [5.41, 5.74) is 6.24. The fourth-order valence-electron chi connectivity index (χ4n) is 2.57. The number of nitrogens with one attached hydrogen (secondary N) is 3. The standard InChI is InChI=1S/C18H20N6O/c1-18(13-8-4-2-5-9-13,22-14-10-6-3-7-11-14)16(25)20-12-15-21-17(19)24-23-15/h2-11,22H,12H2,1H3,(H,20,25)(H3,19,21,23,24). The summed E-state index contributed by atoms with van der Waals surface area (Å²) >= 11 is 0. The molecule has 0 aliphatic rings. The van der Waals surface area contributed by atoms with E-state index in [9.17, 15) is 4.79 Å². The molecule has 0 bridgehead atoms. The SMILES string of the molecule is CC(Nc1ccccc1)(C(=O)NCc1nc(N)n[nH]1)c1ccccc1. The summed E-state index contributed by atoms with van der Waals surface area (Å²) in [7, 11) is 0. The van der Waals surface area contributed by atoms with Crippen LogP contribution in [-0.2, 0) is 16.9 Å². The Morgan fingerprint density at radius 1 is 1.12 bits per heavy atom. The van der Waals surface area contributed by atoms with Crippen LogP contribution in [0, 0.1) is 0 Å². The highest BCUT2D eigenvalue weighted by atomic mass is 16.2. The maximum absolute atomic E-state index is 13.0. The lowest BCUT2D eigenvalue weighted by Crippen LogP contribution is -2.47. The van der Waals surface area contributed by atoms with Gasteiger partial charge >= 0.3 is 0 Å². The summed E-state index contributed by atoms with van der Waals surface area (Å²) in [6.07, 6.45) is 0. The molecule has 7 heteroatoms. The van der Waals surface area contributed by atoms with E-state index >= 15 is 0 Å². The van der Waals surface area contributed by atoms with Crippen LogP contribution in [-0.4, -0.2) is 21.1 Å². The largest absolute Gasteiger partial charge is 0.368 e. The van der Waals surface area contributed by atoms with E-state index in [-0.39, 0.29) is 18.4 Å². The first kappa shape index (κ1) is 16.5. The number of benzene rings is 2. The molecule has 0 aliphatic heterocycles. The second kappa shape index (κ2) is 7.04. The number of amides is 1. The number of rotatable bonds is 6. The molecule has 2 aromatic carbocycles. The van der Waals surface area contributed by atoms with Crippen LogP contribution < -0.4 is 16.4 Å². The second-order valence-electron chi connectivity index (χ2n) is 5.81. The molecule has 1 atom stereocenters. The van der Waals surface area contributed by atoms with Crippen molar-refractivity contribution in [3.8, 4) is 0 Å². The van der Waals surface area contributed by atoms with Crippen LogP contribution in [0.15, 0.2) is 60.7 Å². The minimum absolute atomic E-state index is 0.150. The van der Waals surface area contributed by atoms with Crippen molar-refractivity contribution in [2.75, 3.05) is 11.1 Å². The van der Waals surface area contributed by atoms with Crippen LogP contribution in [0.4, 0.5) is 11.6 Å². The van der Waals surface area contributed by atoms with E-state index in [1.807, 2.05) is 67.6 Å². The number of aromatic amines is 1. The van der Waals surface area contributed by atoms with Gasteiger partial charge in [-0.25, -0.2) is 0 Å². The lowest BCUT2D eigenvalue weighted by molar-refractivity contribution is -0.125. The van der Waals surface area contributed by atoms with Gasteiger partial charge in [-0.3, -0.25) is 9.89 Å². The summed E-state index contributed by atoms with van der Waals surface area (Å²) in [4.78, 5) is 17.0. The van der Waals surface area contributed by atoms with Gasteiger partial charge in [0.05, 0.1) is 6.54 Å². The predicted octanol–water partition coefficient (Wildman–Crippen LogP) is 2.03. The minimum Gasteiger partial charge on any atom is -0.368 e. The van der Waals surface area contributed by atoms with Crippen LogP contribution in [0.3, 0.4) is 0 Å². The molecule has 1 amide bonds. The molecule has 0 spiro atoms. The number of carbonyl (C=O) groups is 1. The van der Waals surface area contributed by atoms with Crippen molar-refractivity contribution in [1.82, 2.24) is 20.5 Å². The number of H-pyrrole nitrogens is 1. The van der Waals surface area contributed by atoms with Crippen LogP contribution in [0.2, 0.25) is 0 Å². The maximum Gasteiger partial charge on any atom is 0.250 e. The number of carbonyl (C=O) groups excluding carboxylic acids is 1. The van der Waals surface area contributed by atoms with Gasteiger partial charge in [-0.15, -0.1) is 5.10 Å². The van der Waals surface area contributed by atoms with Crippen LogP contribution in [0.1, 0.15) is 18.3 Å². The van der Waals surface area contributed by atoms with Gasteiger partial charge in [0.25, 0.3) is 0 Å². The molecular formula is C18H20N6O. The first-order valence-electron chi connectivity index (χ1n) is 7.92. The van der Waals surface area contributed by atoms with Crippen molar-refractivity contribution in [2.24, 2.45) is 0 Å². The molecule has 7 nitrogen and oxygen atoms in total. The number of nitrogen functional groups attached to an aromatic ring is 1. The Morgan fingerprint density at radius 3 is 2.36 bits per heavy atom. The Bertz CT molecular complexity index is 833. The van der Waals surface area contributed by atoms with Gasteiger partial charge in [0, 0.05) is 5.69 Å². The third kappa shape index (κ3) is 3.77. The fourth-order valence-corrected chi connectivity index (χ4v) is 2.57. The van der Waals surface area contributed by atoms with Gasteiger partial charge in [0.1, 0.15) is 11.4 Å². The zero-order chi connectivity index (χ0) is 17.7. The number of hydrogen-bond donors (Lipinski definition) is 4. The van der Waals surface area contributed by atoms with Crippen molar-refractivity contribution in [1.29, 1.82) is 0 Å². The fraction of sp³-hybridized carbons (Fsp3) is 0.167. The topological polar surface area (TPSA) is 109 Å². The monoisotopic (exact) mass is 336 g/mol. The van der Waals surface area contributed by atoms with Gasteiger partial charge in [-0.1, -0.05) is 48.5 Å². The van der Waals surface area contributed by atoms with E-state index in [1.54, 1.807) is 0 Å². The lowest BCUT2D eigenvalue weighted by atomic mass is 9.90. The van der Waals surface area contributed by atoms with E-state index < -0.39 is 5.54 Å². The molecule has 0 saturated heterocycles. The average molecular weight is 336 g/mol. The van der Waals surface area contributed by atoms with Crippen LogP contribution >= 0.6 is 0 Å². The zero-order valence-electron chi connectivity index (χ0n) is 13.9. The van der Waals surface area contributed by atoms with Crippen LogP contribution in [0.5, 0.6) is 0 Å². The quantitative estimate of drug-likeness (QED) is 0.551. The molecular weight excluding hydrogens is 316 g/mol. The zero-order valence-corrected chi connectivity index (χ0v) is 13.9. The lowest BCUT2D eigenvalue weighted by Gasteiger charge is -2.31. The highest BCUT2D eigenvalue weighted by Gasteiger charge is 2.35. The highest BCUT2D eigenvalue weighted by molar-refractivity contribution is 5.90. The molecule has 0 saturated carbocycles. The number of anilines is 2. The van der Waals surface area contributed by atoms with Crippen molar-refractivity contribution >= 4 is 17.5 Å². The predicted molar refractivity (Wildman–Crippen MR) is 96.5 cm³/mol. The molecule has 0 aliphatic carbocycles. The Hall–Kier alpha value is -3.35. The highest BCUT2D eigenvalue weighted by Crippen LogP contribution is 2.26. The summed E-state index contributed by atoms with van der Waals surface area (Å²) in [5, 5.41) is 12.6. The first-order valence-corrected chi connectivity index (χ1v) is 7.92. The number of hydrogen-bond acceptors (Lipinski definition) is 5. The van der Waals surface area contributed by atoms with Crippen molar-refractivity contribution in [3.05, 3.63) is 72.1 Å². The number of nitrogens with zero attached hydrogens (tertiary/aromatic N) is 2. The molecule has 0 radical (unpaired) electrons. The normalized spacial score (nSPS) is 13.0. The molecule has 1 heterocycles. The van der Waals surface area contributed by atoms with Gasteiger partial charge in [-0.05, 0) is 24.6 Å². The van der Waals surface area contributed by atoms with E-state index in [2.05, 4.69) is 25.8 Å². The van der Waals surface area contributed by atoms with Gasteiger partial charge in [-0.2, -0.15) is 4.98 Å². The molecule has 3 aromatic rings. The molecule has 3 rings (SSSR count). The summed E-state index contributed by atoms with van der Waals surface area (Å²) < 4.78 is 0. The molecule has 0 fully saturated rings. The summed E-state index contributed by atoms with van der Waals surface area (Å²) in [6.45, 7) is 2.06. The second-order valence-corrected chi connectivity index (χ2v) is 5.81. The number of aromatic nitrogens is 3. The summed E-state index contributed by atoms with van der Waals surface area (Å²) in [5.74, 6) is 0.468. The Morgan fingerprint density at radius 2 is 1.76 bits per heavy atom. The minimum atomic E-state index is -0.950. The van der Waals surface area contributed by atoms with Gasteiger partial charge < -0.3 is 16.4 Å². The smallest absolute Gasteiger partial charge is 0.250 e. The van der Waals surface area contributed by atoms with Crippen molar-refractivity contribution in [3.63, 3.8) is 0 Å². The van der Waals surface area contributed by atoms with E-state index in [0.717, 1.165) is 11.3 Å². The van der Waals surface area contributed by atoms with E-state index in [1.165, 1.54) is 0 Å². The molecule has 5 N–H and O–H groups in total. The Labute approximate surface area is 145 Å². The van der Waals surface area contributed by atoms with Crippen molar-refractivity contribution in [2.45, 2.75) is 19.0 Å². The molecule has 25 heavy (non-hydrogen) atoms. The molecule has 1 aromatic heterocycles. The Balaban J connectivity index is 1.83. The van der Waals surface area contributed by atoms with Crippen molar-refractivity contribution < 1.29 is 4.79 Å².